The molecule has 1 rings (SSSR count). The Morgan fingerprint density at radius 2 is 2.07 bits per heavy atom. The highest BCUT2D eigenvalue weighted by Gasteiger charge is 2.12. The average Bonchev–Trinajstić information content (AvgIpc) is 2.64. The molecule has 1 aromatic heterocycles. The lowest BCUT2D eigenvalue weighted by Gasteiger charge is -2.05. The molecule has 0 bridgehead atoms. The fourth-order valence-corrected chi connectivity index (χ4v) is 1.15. The maximum atomic E-state index is 11.6. The zero-order valence-corrected chi connectivity index (χ0v) is 9.63. The summed E-state index contributed by atoms with van der Waals surface area (Å²) in [4.78, 5) is 11.6. The van der Waals surface area contributed by atoms with Gasteiger partial charge < -0.3 is 9.73 Å². The van der Waals surface area contributed by atoms with Crippen molar-refractivity contribution in [3.63, 3.8) is 0 Å². The van der Waals surface area contributed by atoms with Crippen LogP contribution >= 0.6 is 0 Å². The van der Waals surface area contributed by atoms with Crippen molar-refractivity contribution >= 4 is 11.5 Å². The summed E-state index contributed by atoms with van der Waals surface area (Å²) in [5.74, 6) is 0.937. The van der Waals surface area contributed by atoms with Crippen LogP contribution in [0, 0.1) is 0 Å². The summed E-state index contributed by atoms with van der Waals surface area (Å²) in [5.41, 5.74) is 1.03. The number of amides is 1. The highest BCUT2D eigenvalue weighted by molar-refractivity contribution is 5.92. The third kappa shape index (κ3) is 2.98. The van der Waals surface area contributed by atoms with Gasteiger partial charge in [-0.3, -0.25) is 4.79 Å². The van der Waals surface area contributed by atoms with Gasteiger partial charge in [-0.2, -0.15) is 0 Å². The molecule has 0 aliphatic carbocycles. The third-order valence-electron chi connectivity index (χ3n) is 2.07. The van der Waals surface area contributed by atoms with Crippen molar-refractivity contribution in [2.24, 2.45) is 0 Å². The molecule has 3 heteroatoms. The average molecular weight is 209 g/mol. The molecular weight excluding hydrogens is 190 g/mol. The third-order valence-corrected chi connectivity index (χ3v) is 2.07. The molecule has 0 fully saturated rings. The molecule has 0 spiro atoms. The minimum absolute atomic E-state index is 0. The molecule has 0 aromatic carbocycles. The monoisotopic (exact) mass is 209 g/mol. The van der Waals surface area contributed by atoms with Gasteiger partial charge in [-0.1, -0.05) is 6.08 Å². The highest BCUT2D eigenvalue weighted by Crippen LogP contribution is 2.16. The summed E-state index contributed by atoms with van der Waals surface area (Å²) >= 11 is 0. The topological polar surface area (TPSA) is 42.2 Å². The van der Waals surface area contributed by atoms with Crippen LogP contribution in [0.2, 0.25) is 0 Å². The minimum atomic E-state index is -0.167. The van der Waals surface area contributed by atoms with Gasteiger partial charge in [0.05, 0.1) is 0 Å². The molecule has 1 heterocycles. The molecule has 0 saturated heterocycles. The number of carbonyl (C=O) groups is 1. The first-order chi connectivity index (χ1) is 7.04. The van der Waals surface area contributed by atoms with E-state index in [1.54, 1.807) is 6.07 Å². The maximum Gasteiger partial charge on any atom is 0.287 e. The Bertz CT molecular complexity index is 380. The zero-order chi connectivity index (χ0) is 11.4. The zero-order valence-electron chi connectivity index (χ0n) is 9.63. The largest absolute Gasteiger partial charge is 0.451 e. The van der Waals surface area contributed by atoms with Crippen molar-refractivity contribution in [2.45, 2.75) is 33.7 Å². The number of hydrogen-bond donors (Lipinski definition) is 1. The fraction of sp³-hybridized carbons (Fsp3) is 0.417. The van der Waals surface area contributed by atoms with Crippen molar-refractivity contribution in [2.75, 3.05) is 0 Å². The Hall–Kier alpha value is -1.51. The first kappa shape index (κ1) is 11.6. The maximum absolute atomic E-state index is 11.6. The lowest BCUT2D eigenvalue weighted by Crippen LogP contribution is -2.29. The standard InChI is InChI=1S/C12H17NO2.H2/c1-5-9(4)10-6-7-11(15-10)12(14)13-8(2)3;/h5-8H,1-4H3,(H,13,14);1H. The molecule has 0 atom stereocenters. The molecular formula is C12H19NO2. The molecule has 0 unspecified atom stereocenters. The van der Waals surface area contributed by atoms with E-state index in [9.17, 15) is 4.79 Å². The lowest BCUT2D eigenvalue weighted by molar-refractivity contribution is 0.0914. The van der Waals surface area contributed by atoms with Gasteiger partial charge in [-0.15, -0.1) is 0 Å². The van der Waals surface area contributed by atoms with E-state index < -0.39 is 0 Å². The predicted octanol–water partition coefficient (Wildman–Crippen LogP) is 3.09. The van der Waals surface area contributed by atoms with Crippen LogP contribution < -0.4 is 5.32 Å². The van der Waals surface area contributed by atoms with Crippen LogP contribution in [0.1, 0.15) is 45.4 Å². The number of allylic oxidation sites excluding steroid dienone is 2. The smallest absolute Gasteiger partial charge is 0.287 e. The van der Waals surface area contributed by atoms with Crippen molar-refractivity contribution < 1.29 is 10.6 Å². The molecule has 0 radical (unpaired) electrons. The van der Waals surface area contributed by atoms with Gasteiger partial charge in [0.15, 0.2) is 5.76 Å². The van der Waals surface area contributed by atoms with Crippen molar-refractivity contribution in [1.82, 2.24) is 5.32 Å². The van der Waals surface area contributed by atoms with Crippen LogP contribution in [0.3, 0.4) is 0 Å². The number of rotatable bonds is 3. The van der Waals surface area contributed by atoms with E-state index in [1.165, 1.54) is 0 Å². The van der Waals surface area contributed by atoms with Crippen LogP contribution in [-0.2, 0) is 0 Å². The first-order valence-electron chi connectivity index (χ1n) is 5.08. The number of hydrogen-bond acceptors (Lipinski definition) is 2. The van der Waals surface area contributed by atoms with E-state index in [-0.39, 0.29) is 13.4 Å². The minimum Gasteiger partial charge on any atom is -0.451 e. The van der Waals surface area contributed by atoms with Gasteiger partial charge in [-0.05, 0) is 45.4 Å². The van der Waals surface area contributed by atoms with E-state index in [2.05, 4.69) is 5.32 Å². The first-order valence-corrected chi connectivity index (χ1v) is 5.08. The van der Waals surface area contributed by atoms with Crippen LogP contribution in [0.25, 0.3) is 5.57 Å². The van der Waals surface area contributed by atoms with Crippen LogP contribution in [-0.4, -0.2) is 11.9 Å². The van der Waals surface area contributed by atoms with E-state index in [0.29, 0.717) is 5.76 Å². The molecule has 1 amide bonds. The van der Waals surface area contributed by atoms with Crippen LogP contribution in [0.15, 0.2) is 22.6 Å². The second-order valence-electron chi connectivity index (χ2n) is 3.76. The Labute approximate surface area is 91.7 Å². The summed E-state index contributed by atoms with van der Waals surface area (Å²) in [6, 6.07) is 3.62. The lowest BCUT2D eigenvalue weighted by atomic mass is 10.2. The Morgan fingerprint density at radius 3 is 2.60 bits per heavy atom. The van der Waals surface area contributed by atoms with Crippen LogP contribution in [0.5, 0.6) is 0 Å². The summed E-state index contributed by atoms with van der Waals surface area (Å²) < 4.78 is 5.42. The second-order valence-corrected chi connectivity index (χ2v) is 3.76. The normalized spacial score (nSPS) is 11.9. The van der Waals surface area contributed by atoms with Gasteiger partial charge in [0.2, 0.25) is 0 Å². The molecule has 3 nitrogen and oxygen atoms in total. The second kappa shape index (κ2) is 4.82. The van der Waals surface area contributed by atoms with Crippen LogP contribution in [0.4, 0.5) is 0 Å². The summed E-state index contributed by atoms with van der Waals surface area (Å²) in [6.07, 6.45) is 1.95. The number of carbonyl (C=O) groups excluding carboxylic acids is 1. The van der Waals surface area contributed by atoms with Crippen molar-refractivity contribution in [3.05, 3.63) is 29.7 Å². The number of furan rings is 1. The van der Waals surface area contributed by atoms with Gasteiger partial charge in [0, 0.05) is 7.47 Å². The molecule has 0 aliphatic rings. The van der Waals surface area contributed by atoms with E-state index in [1.807, 2.05) is 39.8 Å². The molecule has 0 aliphatic heterocycles. The summed E-state index contributed by atoms with van der Waals surface area (Å²) in [6.45, 7) is 7.71. The van der Waals surface area contributed by atoms with E-state index in [0.717, 1.165) is 11.3 Å². The van der Waals surface area contributed by atoms with E-state index in [4.69, 9.17) is 4.42 Å². The Balaban J connectivity index is 0.00000225. The Morgan fingerprint density at radius 1 is 1.47 bits per heavy atom. The highest BCUT2D eigenvalue weighted by atomic mass is 16.3. The van der Waals surface area contributed by atoms with Crippen molar-refractivity contribution in [3.8, 4) is 0 Å². The SMILES string of the molecule is CC=C(C)c1ccc(C(=O)NC(C)C)o1.[HH]. The summed E-state index contributed by atoms with van der Waals surface area (Å²) in [5, 5.41) is 2.78. The van der Waals surface area contributed by atoms with Gasteiger partial charge in [-0.25, -0.2) is 0 Å². The molecule has 1 aromatic rings. The van der Waals surface area contributed by atoms with Gasteiger partial charge >= 0.3 is 0 Å². The van der Waals surface area contributed by atoms with Gasteiger partial charge in [0.1, 0.15) is 5.76 Å². The quantitative estimate of drug-likeness (QED) is 0.831. The van der Waals surface area contributed by atoms with E-state index >= 15 is 0 Å². The molecule has 15 heavy (non-hydrogen) atoms. The molecule has 84 valence electrons. The molecule has 0 saturated carbocycles. The molecule has 1 N–H and O–H groups in total. The fourth-order valence-electron chi connectivity index (χ4n) is 1.15. The van der Waals surface area contributed by atoms with Gasteiger partial charge in [0.25, 0.3) is 5.91 Å². The Kier molecular flexibility index (Phi) is 3.72. The number of nitrogens with one attached hydrogen (secondary N) is 1. The predicted molar refractivity (Wildman–Crippen MR) is 62.7 cm³/mol. The van der Waals surface area contributed by atoms with Crippen molar-refractivity contribution in [1.29, 1.82) is 0 Å². The summed E-state index contributed by atoms with van der Waals surface area (Å²) in [7, 11) is 0.